The Hall–Kier alpha value is -1.49. The largest absolute Gasteiger partial charge is 0.321 e. The molecule has 1 aromatic carbocycles. The molecular formula is C14H18F2N2O. The fourth-order valence-corrected chi connectivity index (χ4v) is 2.24. The second-order valence-electron chi connectivity index (χ2n) is 5.32. The quantitative estimate of drug-likeness (QED) is 0.865. The molecule has 0 radical (unpaired) electrons. The van der Waals surface area contributed by atoms with Gasteiger partial charge in [0.2, 0.25) is 5.91 Å². The Morgan fingerprint density at radius 1 is 1.32 bits per heavy atom. The van der Waals surface area contributed by atoms with Crippen LogP contribution < -0.4 is 10.6 Å². The average Bonchev–Trinajstić information content (AvgIpc) is 2.40. The number of piperidine rings is 1. The first-order chi connectivity index (χ1) is 8.94. The molecular weight excluding hydrogens is 250 g/mol. The number of rotatable bonds is 2. The molecule has 0 saturated carbocycles. The zero-order chi connectivity index (χ0) is 14.0. The highest BCUT2D eigenvalue weighted by atomic mass is 19.1. The molecule has 1 fully saturated rings. The number of anilines is 1. The van der Waals surface area contributed by atoms with E-state index in [1.807, 2.05) is 6.92 Å². The van der Waals surface area contributed by atoms with Gasteiger partial charge < -0.3 is 10.6 Å². The van der Waals surface area contributed by atoms with Gasteiger partial charge in [0, 0.05) is 5.41 Å². The normalized spacial score (nSPS) is 18.1. The van der Waals surface area contributed by atoms with E-state index in [1.165, 1.54) is 19.1 Å². The molecule has 19 heavy (non-hydrogen) atoms. The highest BCUT2D eigenvalue weighted by molar-refractivity contribution is 5.95. The summed E-state index contributed by atoms with van der Waals surface area (Å²) in [6.07, 6.45) is 1.32. The van der Waals surface area contributed by atoms with Crippen LogP contribution in [-0.2, 0) is 4.79 Å². The predicted octanol–water partition coefficient (Wildman–Crippen LogP) is 2.60. The van der Waals surface area contributed by atoms with Crippen LogP contribution in [0.25, 0.3) is 0 Å². The molecule has 0 unspecified atom stereocenters. The molecule has 1 aliphatic rings. The van der Waals surface area contributed by atoms with Crippen LogP contribution in [-0.4, -0.2) is 19.0 Å². The van der Waals surface area contributed by atoms with E-state index in [4.69, 9.17) is 0 Å². The Balaban J connectivity index is 2.21. The SMILES string of the molecule is Cc1ccc(F)c(NC(=O)C2(C)CCNCC2)c1F. The lowest BCUT2D eigenvalue weighted by molar-refractivity contribution is -0.126. The van der Waals surface area contributed by atoms with E-state index in [0.29, 0.717) is 18.4 Å². The minimum absolute atomic E-state index is 0.312. The second kappa shape index (κ2) is 5.25. The summed E-state index contributed by atoms with van der Waals surface area (Å²) in [6, 6.07) is 2.52. The van der Waals surface area contributed by atoms with E-state index in [2.05, 4.69) is 10.6 Å². The number of aryl methyl sites for hydroxylation is 1. The van der Waals surface area contributed by atoms with Crippen molar-refractivity contribution in [2.75, 3.05) is 18.4 Å². The van der Waals surface area contributed by atoms with E-state index >= 15 is 0 Å². The number of amides is 1. The molecule has 1 aliphatic heterocycles. The standard InChI is InChI=1S/C14H18F2N2O/c1-9-3-4-10(15)12(11(9)16)18-13(19)14(2)5-7-17-8-6-14/h3-4,17H,5-8H2,1-2H3,(H,18,19). The molecule has 0 bridgehead atoms. The molecule has 2 rings (SSSR count). The molecule has 0 aromatic heterocycles. The van der Waals surface area contributed by atoms with E-state index in [1.54, 1.807) is 0 Å². The number of benzene rings is 1. The fourth-order valence-electron chi connectivity index (χ4n) is 2.24. The summed E-state index contributed by atoms with van der Waals surface area (Å²) in [5.41, 5.74) is -0.606. The van der Waals surface area contributed by atoms with Crippen molar-refractivity contribution in [3.63, 3.8) is 0 Å². The van der Waals surface area contributed by atoms with Crippen LogP contribution in [0.1, 0.15) is 25.3 Å². The summed E-state index contributed by atoms with van der Waals surface area (Å²) in [5, 5.41) is 5.58. The van der Waals surface area contributed by atoms with Crippen molar-refractivity contribution in [2.24, 2.45) is 5.41 Å². The lowest BCUT2D eigenvalue weighted by Crippen LogP contribution is -2.43. The monoisotopic (exact) mass is 268 g/mol. The summed E-state index contributed by atoms with van der Waals surface area (Å²) in [5.74, 6) is -1.77. The van der Waals surface area contributed by atoms with Crippen LogP contribution in [0, 0.1) is 24.0 Å². The van der Waals surface area contributed by atoms with Crippen molar-refractivity contribution in [3.8, 4) is 0 Å². The Morgan fingerprint density at radius 2 is 1.95 bits per heavy atom. The van der Waals surface area contributed by atoms with Crippen molar-refractivity contribution in [3.05, 3.63) is 29.3 Å². The summed E-state index contributed by atoms with van der Waals surface area (Å²) in [7, 11) is 0. The molecule has 0 aliphatic carbocycles. The topological polar surface area (TPSA) is 41.1 Å². The molecule has 1 saturated heterocycles. The zero-order valence-electron chi connectivity index (χ0n) is 11.1. The van der Waals surface area contributed by atoms with Gasteiger partial charge in [0.1, 0.15) is 11.5 Å². The Labute approximate surface area is 111 Å². The van der Waals surface area contributed by atoms with Gasteiger partial charge in [-0.1, -0.05) is 13.0 Å². The molecule has 1 amide bonds. The molecule has 1 heterocycles. The van der Waals surface area contributed by atoms with Gasteiger partial charge in [-0.05, 0) is 44.5 Å². The summed E-state index contributed by atoms with van der Waals surface area (Å²) < 4.78 is 27.5. The Kier molecular flexibility index (Phi) is 3.85. The molecule has 2 N–H and O–H groups in total. The van der Waals surface area contributed by atoms with Gasteiger partial charge in [-0.3, -0.25) is 4.79 Å². The van der Waals surface area contributed by atoms with Crippen LogP contribution >= 0.6 is 0 Å². The molecule has 104 valence electrons. The van der Waals surface area contributed by atoms with Gasteiger partial charge in [0.05, 0.1) is 0 Å². The number of halogens is 2. The lowest BCUT2D eigenvalue weighted by Gasteiger charge is -2.32. The second-order valence-corrected chi connectivity index (χ2v) is 5.32. The number of hydrogen-bond donors (Lipinski definition) is 2. The summed E-state index contributed by atoms with van der Waals surface area (Å²) >= 11 is 0. The van der Waals surface area contributed by atoms with Crippen molar-refractivity contribution in [1.29, 1.82) is 0 Å². The van der Waals surface area contributed by atoms with Gasteiger partial charge in [0.15, 0.2) is 5.82 Å². The van der Waals surface area contributed by atoms with Crippen LogP contribution in [0.5, 0.6) is 0 Å². The van der Waals surface area contributed by atoms with Crippen molar-refractivity contribution < 1.29 is 13.6 Å². The third-order valence-electron chi connectivity index (χ3n) is 3.78. The average molecular weight is 268 g/mol. The lowest BCUT2D eigenvalue weighted by atomic mass is 9.80. The number of carbonyl (C=O) groups is 1. The van der Waals surface area contributed by atoms with E-state index < -0.39 is 17.0 Å². The number of carbonyl (C=O) groups excluding carboxylic acids is 1. The predicted molar refractivity (Wildman–Crippen MR) is 69.9 cm³/mol. The molecule has 0 atom stereocenters. The van der Waals surface area contributed by atoms with Crippen LogP contribution in [0.2, 0.25) is 0 Å². The first kappa shape index (κ1) is 13.9. The first-order valence-electron chi connectivity index (χ1n) is 6.41. The maximum absolute atomic E-state index is 13.8. The van der Waals surface area contributed by atoms with Gasteiger partial charge in [-0.25, -0.2) is 8.78 Å². The van der Waals surface area contributed by atoms with E-state index in [-0.39, 0.29) is 11.6 Å². The Bertz CT molecular complexity index is 496. The maximum Gasteiger partial charge on any atom is 0.230 e. The smallest absolute Gasteiger partial charge is 0.230 e. The first-order valence-corrected chi connectivity index (χ1v) is 6.41. The number of nitrogens with one attached hydrogen (secondary N) is 2. The minimum Gasteiger partial charge on any atom is -0.321 e. The van der Waals surface area contributed by atoms with Crippen molar-refractivity contribution >= 4 is 11.6 Å². The van der Waals surface area contributed by atoms with Gasteiger partial charge in [0.25, 0.3) is 0 Å². The molecule has 1 aromatic rings. The van der Waals surface area contributed by atoms with Gasteiger partial charge in [-0.2, -0.15) is 0 Å². The van der Waals surface area contributed by atoms with Crippen molar-refractivity contribution in [1.82, 2.24) is 5.32 Å². The van der Waals surface area contributed by atoms with Crippen LogP contribution in [0.4, 0.5) is 14.5 Å². The number of hydrogen-bond acceptors (Lipinski definition) is 2. The fraction of sp³-hybridized carbons (Fsp3) is 0.500. The van der Waals surface area contributed by atoms with Crippen LogP contribution in [0.15, 0.2) is 12.1 Å². The van der Waals surface area contributed by atoms with E-state index in [9.17, 15) is 13.6 Å². The third kappa shape index (κ3) is 2.76. The molecule has 5 heteroatoms. The Morgan fingerprint density at radius 3 is 2.58 bits per heavy atom. The van der Waals surface area contributed by atoms with E-state index in [0.717, 1.165) is 13.1 Å². The zero-order valence-corrected chi connectivity index (χ0v) is 11.1. The highest BCUT2D eigenvalue weighted by Gasteiger charge is 2.35. The van der Waals surface area contributed by atoms with Gasteiger partial charge in [-0.15, -0.1) is 0 Å². The highest BCUT2D eigenvalue weighted by Crippen LogP contribution is 2.31. The summed E-state index contributed by atoms with van der Waals surface area (Å²) in [4.78, 5) is 12.2. The minimum atomic E-state index is -0.742. The maximum atomic E-state index is 13.8. The van der Waals surface area contributed by atoms with Crippen LogP contribution in [0.3, 0.4) is 0 Å². The van der Waals surface area contributed by atoms with Crippen molar-refractivity contribution in [2.45, 2.75) is 26.7 Å². The van der Waals surface area contributed by atoms with Gasteiger partial charge >= 0.3 is 0 Å². The third-order valence-corrected chi connectivity index (χ3v) is 3.78. The summed E-state index contributed by atoms with van der Waals surface area (Å²) in [6.45, 7) is 4.84. The molecule has 3 nitrogen and oxygen atoms in total. The molecule has 0 spiro atoms.